The zero-order valence-corrected chi connectivity index (χ0v) is 16.4. The van der Waals surface area contributed by atoms with Crippen LogP contribution in [0.15, 0.2) is 97.6 Å². The van der Waals surface area contributed by atoms with Crippen molar-refractivity contribution >= 4 is 11.9 Å². The summed E-state index contributed by atoms with van der Waals surface area (Å²) in [7, 11) is 1.59. The van der Waals surface area contributed by atoms with Crippen molar-refractivity contribution in [3.63, 3.8) is 0 Å². The van der Waals surface area contributed by atoms with Gasteiger partial charge in [0.2, 0.25) is 0 Å². The van der Waals surface area contributed by atoms with Crippen molar-refractivity contribution in [2.45, 2.75) is 0 Å². The number of benzene rings is 3. The predicted octanol–water partition coefficient (Wildman–Crippen LogP) is 5.57. The Morgan fingerprint density at radius 2 is 1.77 bits per heavy atom. The summed E-state index contributed by atoms with van der Waals surface area (Å²) < 4.78 is 13.2. The normalized spacial score (nSPS) is 10.8. The second-order valence-electron chi connectivity index (χ2n) is 6.54. The quantitative estimate of drug-likeness (QED) is 0.303. The molecule has 0 saturated heterocycles. The molecule has 0 unspecified atom stereocenters. The van der Waals surface area contributed by atoms with Crippen molar-refractivity contribution < 1.29 is 14.3 Å². The standard InChI is InChI=1S/C25H20N2O3/c1-29-25-17-19(8-14-24(25)30-22-5-3-2-4-6-22)7-13-23(28)20-9-11-21(12-10-20)27-16-15-26-18-27/h2-18H,1H3/b13-7+. The van der Waals surface area contributed by atoms with Gasteiger partial charge in [-0.15, -0.1) is 0 Å². The highest BCUT2D eigenvalue weighted by Gasteiger charge is 2.07. The van der Waals surface area contributed by atoms with E-state index in [0.717, 1.165) is 17.0 Å². The maximum absolute atomic E-state index is 12.5. The summed E-state index contributed by atoms with van der Waals surface area (Å²) in [6.07, 6.45) is 8.61. The zero-order valence-electron chi connectivity index (χ0n) is 16.4. The van der Waals surface area contributed by atoms with Crippen LogP contribution < -0.4 is 9.47 Å². The third-order valence-electron chi connectivity index (χ3n) is 4.54. The molecule has 1 heterocycles. The van der Waals surface area contributed by atoms with Crippen LogP contribution in [0, 0.1) is 0 Å². The molecule has 4 rings (SSSR count). The molecule has 0 amide bonds. The predicted molar refractivity (Wildman–Crippen MR) is 116 cm³/mol. The molecular weight excluding hydrogens is 376 g/mol. The number of hydrogen-bond donors (Lipinski definition) is 0. The Morgan fingerprint density at radius 1 is 0.967 bits per heavy atom. The molecule has 0 fully saturated rings. The minimum Gasteiger partial charge on any atom is -0.493 e. The summed E-state index contributed by atoms with van der Waals surface area (Å²) in [5, 5.41) is 0. The first-order chi connectivity index (χ1) is 14.7. The third-order valence-corrected chi connectivity index (χ3v) is 4.54. The van der Waals surface area contributed by atoms with E-state index in [1.54, 1.807) is 43.9 Å². The van der Waals surface area contributed by atoms with E-state index >= 15 is 0 Å². The van der Waals surface area contributed by atoms with Gasteiger partial charge < -0.3 is 14.0 Å². The number of imidazole rings is 1. The molecule has 0 N–H and O–H groups in total. The van der Waals surface area contributed by atoms with Crippen molar-refractivity contribution in [2.75, 3.05) is 7.11 Å². The lowest BCUT2D eigenvalue weighted by atomic mass is 10.1. The van der Waals surface area contributed by atoms with Gasteiger partial charge in [-0.2, -0.15) is 0 Å². The van der Waals surface area contributed by atoms with Gasteiger partial charge in [-0.3, -0.25) is 4.79 Å². The SMILES string of the molecule is COc1cc(/C=C/C(=O)c2ccc(-n3ccnc3)cc2)ccc1Oc1ccccc1. The molecule has 0 bridgehead atoms. The fraction of sp³-hybridized carbons (Fsp3) is 0.0400. The lowest BCUT2D eigenvalue weighted by Gasteiger charge is -2.11. The molecule has 4 aromatic rings. The maximum atomic E-state index is 12.5. The molecule has 0 radical (unpaired) electrons. The van der Waals surface area contributed by atoms with E-state index < -0.39 is 0 Å². The van der Waals surface area contributed by atoms with Crippen molar-refractivity contribution in [2.24, 2.45) is 0 Å². The maximum Gasteiger partial charge on any atom is 0.185 e. The molecule has 3 aromatic carbocycles. The van der Waals surface area contributed by atoms with Crippen LogP contribution in [0.25, 0.3) is 11.8 Å². The highest BCUT2D eigenvalue weighted by Crippen LogP contribution is 2.32. The Hall–Kier alpha value is -4.12. The van der Waals surface area contributed by atoms with Gasteiger partial charge in [0.05, 0.1) is 13.4 Å². The average molecular weight is 396 g/mol. The number of carbonyl (C=O) groups excluding carboxylic acids is 1. The summed E-state index contributed by atoms with van der Waals surface area (Å²) in [5.74, 6) is 1.87. The van der Waals surface area contributed by atoms with Gasteiger partial charge in [0.15, 0.2) is 17.3 Å². The minimum atomic E-state index is -0.0734. The summed E-state index contributed by atoms with van der Waals surface area (Å²) in [4.78, 5) is 16.5. The largest absolute Gasteiger partial charge is 0.493 e. The van der Waals surface area contributed by atoms with E-state index in [9.17, 15) is 4.79 Å². The molecule has 0 aliphatic heterocycles. The van der Waals surface area contributed by atoms with Crippen LogP contribution in [0.2, 0.25) is 0 Å². The molecule has 0 spiro atoms. The van der Waals surface area contributed by atoms with Crippen LogP contribution in [0.1, 0.15) is 15.9 Å². The van der Waals surface area contributed by atoms with Crippen LogP contribution in [0.3, 0.4) is 0 Å². The molecule has 0 saturated carbocycles. The van der Waals surface area contributed by atoms with Gasteiger partial charge in [-0.25, -0.2) is 4.98 Å². The van der Waals surface area contributed by atoms with E-state index in [1.807, 2.05) is 71.4 Å². The Balaban J connectivity index is 1.47. The first-order valence-corrected chi connectivity index (χ1v) is 9.45. The van der Waals surface area contributed by atoms with Crippen LogP contribution in [0.5, 0.6) is 17.2 Å². The third kappa shape index (κ3) is 4.47. The van der Waals surface area contributed by atoms with E-state index in [-0.39, 0.29) is 5.78 Å². The van der Waals surface area contributed by atoms with Gasteiger partial charge in [0, 0.05) is 23.6 Å². The summed E-state index contributed by atoms with van der Waals surface area (Å²) in [6, 6.07) is 22.4. The number of methoxy groups -OCH3 is 1. The Labute approximate surface area is 174 Å². The summed E-state index contributed by atoms with van der Waals surface area (Å²) >= 11 is 0. The lowest BCUT2D eigenvalue weighted by molar-refractivity contribution is 0.104. The lowest BCUT2D eigenvalue weighted by Crippen LogP contribution is -1.96. The fourth-order valence-electron chi connectivity index (χ4n) is 2.97. The van der Waals surface area contributed by atoms with Crippen LogP contribution in [-0.2, 0) is 0 Å². The van der Waals surface area contributed by atoms with E-state index in [0.29, 0.717) is 17.1 Å². The molecular formula is C25H20N2O3. The minimum absolute atomic E-state index is 0.0734. The van der Waals surface area contributed by atoms with Crippen LogP contribution in [-0.4, -0.2) is 22.4 Å². The fourth-order valence-corrected chi connectivity index (χ4v) is 2.97. The van der Waals surface area contributed by atoms with Crippen LogP contribution in [0.4, 0.5) is 0 Å². The first kappa shape index (κ1) is 19.2. The molecule has 148 valence electrons. The number of carbonyl (C=O) groups is 1. The number of para-hydroxylation sites is 1. The van der Waals surface area contributed by atoms with Crippen molar-refractivity contribution in [3.8, 4) is 22.9 Å². The molecule has 1 aromatic heterocycles. The number of allylic oxidation sites excluding steroid dienone is 1. The second kappa shape index (κ2) is 8.92. The van der Waals surface area contributed by atoms with Crippen molar-refractivity contribution in [3.05, 3.63) is 109 Å². The number of hydrogen-bond acceptors (Lipinski definition) is 4. The average Bonchev–Trinajstić information content (AvgIpc) is 3.34. The van der Waals surface area contributed by atoms with E-state index in [2.05, 4.69) is 4.98 Å². The Morgan fingerprint density at radius 3 is 2.47 bits per heavy atom. The number of ketones is 1. The molecule has 5 nitrogen and oxygen atoms in total. The van der Waals surface area contributed by atoms with Gasteiger partial charge in [-0.1, -0.05) is 30.3 Å². The summed E-state index contributed by atoms with van der Waals surface area (Å²) in [5.41, 5.74) is 2.41. The first-order valence-electron chi connectivity index (χ1n) is 9.45. The van der Waals surface area contributed by atoms with Gasteiger partial charge >= 0.3 is 0 Å². The number of nitrogens with zero attached hydrogens (tertiary/aromatic N) is 2. The van der Waals surface area contributed by atoms with Crippen LogP contribution >= 0.6 is 0 Å². The molecule has 30 heavy (non-hydrogen) atoms. The molecule has 0 atom stereocenters. The number of ether oxygens (including phenoxy) is 2. The topological polar surface area (TPSA) is 53.4 Å². The van der Waals surface area contributed by atoms with Gasteiger partial charge in [-0.05, 0) is 60.2 Å². The van der Waals surface area contributed by atoms with Crippen molar-refractivity contribution in [1.29, 1.82) is 0 Å². The number of aromatic nitrogens is 2. The molecule has 5 heteroatoms. The van der Waals surface area contributed by atoms with E-state index in [4.69, 9.17) is 9.47 Å². The van der Waals surface area contributed by atoms with Gasteiger partial charge in [0.25, 0.3) is 0 Å². The highest BCUT2D eigenvalue weighted by molar-refractivity contribution is 6.06. The monoisotopic (exact) mass is 396 g/mol. The van der Waals surface area contributed by atoms with Crippen molar-refractivity contribution in [1.82, 2.24) is 9.55 Å². The van der Waals surface area contributed by atoms with Gasteiger partial charge in [0.1, 0.15) is 5.75 Å². The highest BCUT2D eigenvalue weighted by atomic mass is 16.5. The second-order valence-corrected chi connectivity index (χ2v) is 6.54. The summed E-state index contributed by atoms with van der Waals surface area (Å²) in [6.45, 7) is 0. The number of rotatable bonds is 7. The Kier molecular flexibility index (Phi) is 5.71. The molecule has 0 aliphatic rings. The Bertz CT molecular complexity index is 1150. The van der Waals surface area contributed by atoms with E-state index in [1.165, 1.54) is 0 Å². The molecule has 0 aliphatic carbocycles. The smallest absolute Gasteiger partial charge is 0.185 e. The zero-order chi connectivity index (χ0) is 20.8.